The monoisotopic (exact) mass is 332 g/mol. The Labute approximate surface area is 140 Å². The van der Waals surface area contributed by atoms with Crippen molar-refractivity contribution in [2.45, 2.75) is 45.7 Å². The van der Waals surface area contributed by atoms with Gasteiger partial charge < -0.3 is 10.1 Å². The molecule has 0 saturated heterocycles. The molecule has 1 aliphatic rings. The molecule has 2 aromatic rings. The van der Waals surface area contributed by atoms with Gasteiger partial charge in [0.15, 0.2) is 0 Å². The van der Waals surface area contributed by atoms with Gasteiger partial charge in [-0.2, -0.15) is 9.49 Å². The molecule has 3 rings (SSSR count). The van der Waals surface area contributed by atoms with Gasteiger partial charge in [0.05, 0.1) is 24.1 Å². The van der Waals surface area contributed by atoms with Gasteiger partial charge in [0, 0.05) is 12.6 Å². The molecule has 0 atom stereocenters. The minimum Gasteiger partial charge on any atom is -0.462 e. The van der Waals surface area contributed by atoms with Crippen LogP contribution in [-0.2, 0) is 11.3 Å². The average Bonchev–Trinajstić information content (AvgIpc) is 2.95. The third-order valence-corrected chi connectivity index (χ3v) is 4.20. The first-order valence-corrected chi connectivity index (χ1v) is 8.30. The van der Waals surface area contributed by atoms with E-state index < -0.39 is 11.9 Å². The van der Waals surface area contributed by atoms with Gasteiger partial charge in [-0.25, -0.2) is 9.78 Å². The topological polar surface area (TPSA) is 69.0 Å². The largest absolute Gasteiger partial charge is 0.462 e. The molecule has 24 heavy (non-hydrogen) atoms. The van der Waals surface area contributed by atoms with E-state index in [1.54, 1.807) is 23.7 Å². The van der Waals surface area contributed by atoms with Gasteiger partial charge in [-0.05, 0) is 45.2 Å². The molecule has 0 aliphatic heterocycles. The van der Waals surface area contributed by atoms with Gasteiger partial charge >= 0.3 is 5.97 Å². The molecule has 1 aliphatic carbocycles. The number of halogens is 1. The highest BCUT2D eigenvalue weighted by molar-refractivity contribution is 5.96. The fourth-order valence-corrected chi connectivity index (χ4v) is 2.72. The molecule has 128 valence electrons. The maximum Gasteiger partial charge on any atom is 0.341 e. The van der Waals surface area contributed by atoms with Gasteiger partial charge in [-0.3, -0.25) is 4.68 Å². The molecule has 0 amide bonds. The van der Waals surface area contributed by atoms with Gasteiger partial charge in [0.25, 0.3) is 0 Å². The smallest absolute Gasteiger partial charge is 0.341 e. The van der Waals surface area contributed by atoms with Crippen molar-refractivity contribution in [3.05, 3.63) is 29.8 Å². The minimum atomic E-state index is -0.625. The summed E-state index contributed by atoms with van der Waals surface area (Å²) in [5, 5.41) is 7.37. The van der Waals surface area contributed by atoms with E-state index in [4.69, 9.17) is 4.74 Å². The summed E-state index contributed by atoms with van der Waals surface area (Å²) in [6.07, 6.45) is 4.77. The number of nitrogens with one attached hydrogen (secondary N) is 1. The van der Waals surface area contributed by atoms with E-state index in [0.717, 1.165) is 12.8 Å². The van der Waals surface area contributed by atoms with Crippen molar-refractivity contribution >= 4 is 11.8 Å². The summed E-state index contributed by atoms with van der Waals surface area (Å²) in [6, 6.07) is 3.74. The summed E-state index contributed by atoms with van der Waals surface area (Å²) >= 11 is 0. The number of rotatable bonds is 6. The van der Waals surface area contributed by atoms with Gasteiger partial charge in [-0.1, -0.05) is 0 Å². The molecule has 0 aromatic carbocycles. The van der Waals surface area contributed by atoms with E-state index in [9.17, 15) is 9.18 Å². The summed E-state index contributed by atoms with van der Waals surface area (Å²) < 4.78 is 21.2. The second kappa shape index (κ2) is 6.98. The number of aryl methyl sites for hydroxylation is 1. The van der Waals surface area contributed by atoms with Crippen molar-refractivity contribution in [3.8, 4) is 11.3 Å². The highest BCUT2D eigenvalue weighted by Crippen LogP contribution is 2.29. The number of pyridine rings is 1. The fourth-order valence-electron chi connectivity index (χ4n) is 2.72. The highest BCUT2D eigenvalue weighted by Gasteiger charge is 2.23. The molecule has 2 heterocycles. The Balaban J connectivity index is 1.95. The Morgan fingerprint density at radius 1 is 1.42 bits per heavy atom. The molecule has 1 N–H and O–H groups in total. The van der Waals surface area contributed by atoms with Crippen molar-refractivity contribution in [3.63, 3.8) is 0 Å². The Hall–Kier alpha value is -2.44. The number of aromatic nitrogens is 3. The van der Waals surface area contributed by atoms with Crippen molar-refractivity contribution in [1.29, 1.82) is 0 Å². The number of anilines is 1. The lowest BCUT2D eigenvalue weighted by molar-refractivity contribution is 0.0527. The standard InChI is InChI=1S/C17H21FN4O2/c1-3-22-15(13(10-19-22)17(23)24-4-2)12-8-9-14(21-16(12)18)20-11-6-5-7-11/h8-11H,3-7H2,1-2H3,(H,20,21). The van der Waals surface area contributed by atoms with Crippen LogP contribution in [-0.4, -0.2) is 33.4 Å². The summed E-state index contributed by atoms with van der Waals surface area (Å²) in [5.74, 6) is -0.621. The fraction of sp³-hybridized carbons (Fsp3) is 0.471. The summed E-state index contributed by atoms with van der Waals surface area (Å²) in [7, 11) is 0. The summed E-state index contributed by atoms with van der Waals surface area (Å²) in [6.45, 7) is 4.37. The summed E-state index contributed by atoms with van der Waals surface area (Å²) in [4.78, 5) is 16.1. The maximum atomic E-state index is 14.6. The van der Waals surface area contributed by atoms with Crippen molar-refractivity contribution < 1.29 is 13.9 Å². The third kappa shape index (κ3) is 3.11. The number of nitrogens with zero attached hydrogens (tertiary/aromatic N) is 3. The molecule has 0 spiro atoms. The molecule has 7 heteroatoms. The van der Waals surface area contributed by atoms with Crippen LogP contribution in [0.2, 0.25) is 0 Å². The minimum absolute atomic E-state index is 0.247. The van der Waals surface area contributed by atoms with Crippen LogP contribution < -0.4 is 5.32 Å². The van der Waals surface area contributed by atoms with Crippen LogP contribution in [0.1, 0.15) is 43.5 Å². The van der Waals surface area contributed by atoms with Crippen molar-refractivity contribution in [1.82, 2.24) is 14.8 Å². The molecule has 0 unspecified atom stereocenters. The van der Waals surface area contributed by atoms with Crippen LogP contribution in [0.25, 0.3) is 11.3 Å². The summed E-state index contributed by atoms with van der Waals surface area (Å²) in [5.41, 5.74) is 0.895. The van der Waals surface area contributed by atoms with Crippen molar-refractivity contribution in [2.75, 3.05) is 11.9 Å². The number of carbonyl (C=O) groups is 1. The zero-order valence-corrected chi connectivity index (χ0v) is 13.9. The zero-order valence-electron chi connectivity index (χ0n) is 13.9. The lowest BCUT2D eigenvalue weighted by Gasteiger charge is -2.26. The molecule has 0 bridgehead atoms. The first-order chi connectivity index (χ1) is 11.6. The predicted octanol–water partition coefficient (Wildman–Crippen LogP) is 3.25. The molecular formula is C17H21FN4O2. The van der Waals surface area contributed by atoms with E-state index >= 15 is 0 Å². The van der Waals surface area contributed by atoms with Crippen LogP contribution in [0.3, 0.4) is 0 Å². The number of hydrogen-bond donors (Lipinski definition) is 1. The van der Waals surface area contributed by atoms with E-state index in [0.29, 0.717) is 24.1 Å². The van der Waals surface area contributed by atoms with Crippen LogP contribution >= 0.6 is 0 Å². The first-order valence-electron chi connectivity index (χ1n) is 8.30. The Morgan fingerprint density at radius 3 is 2.79 bits per heavy atom. The molecular weight excluding hydrogens is 311 g/mol. The average molecular weight is 332 g/mol. The van der Waals surface area contributed by atoms with Crippen LogP contribution in [0.5, 0.6) is 0 Å². The maximum absolute atomic E-state index is 14.6. The van der Waals surface area contributed by atoms with E-state index in [2.05, 4.69) is 15.4 Å². The second-order valence-electron chi connectivity index (χ2n) is 5.75. The van der Waals surface area contributed by atoms with E-state index in [-0.39, 0.29) is 17.7 Å². The van der Waals surface area contributed by atoms with E-state index in [1.807, 2.05) is 6.92 Å². The Morgan fingerprint density at radius 2 is 2.21 bits per heavy atom. The van der Waals surface area contributed by atoms with E-state index in [1.165, 1.54) is 12.6 Å². The van der Waals surface area contributed by atoms with Crippen LogP contribution in [0, 0.1) is 5.95 Å². The molecule has 6 nitrogen and oxygen atoms in total. The van der Waals surface area contributed by atoms with Crippen LogP contribution in [0.4, 0.5) is 10.2 Å². The van der Waals surface area contributed by atoms with Gasteiger partial charge in [0.2, 0.25) is 5.95 Å². The number of ether oxygens (including phenoxy) is 1. The predicted molar refractivity (Wildman–Crippen MR) is 88.3 cm³/mol. The molecule has 1 fully saturated rings. The molecule has 0 radical (unpaired) electrons. The number of carbonyl (C=O) groups excluding carboxylic acids is 1. The van der Waals surface area contributed by atoms with Crippen molar-refractivity contribution in [2.24, 2.45) is 0 Å². The Kier molecular flexibility index (Phi) is 4.78. The zero-order chi connectivity index (χ0) is 17.1. The molecule has 2 aromatic heterocycles. The number of hydrogen-bond acceptors (Lipinski definition) is 5. The number of esters is 1. The normalized spacial score (nSPS) is 14.3. The lowest BCUT2D eigenvalue weighted by Crippen LogP contribution is -2.27. The Bertz CT molecular complexity index is 740. The second-order valence-corrected chi connectivity index (χ2v) is 5.75. The SMILES string of the molecule is CCOC(=O)c1cnn(CC)c1-c1ccc(NC2CCC2)nc1F. The van der Waals surface area contributed by atoms with Gasteiger partial charge in [-0.15, -0.1) is 0 Å². The quantitative estimate of drug-likeness (QED) is 0.649. The highest BCUT2D eigenvalue weighted by atomic mass is 19.1. The molecule has 1 saturated carbocycles. The third-order valence-electron chi connectivity index (χ3n) is 4.20. The van der Waals surface area contributed by atoms with Crippen LogP contribution in [0.15, 0.2) is 18.3 Å². The lowest BCUT2D eigenvalue weighted by atomic mass is 9.93. The van der Waals surface area contributed by atoms with Gasteiger partial charge in [0.1, 0.15) is 11.4 Å². The first kappa shape index (κ1) is 16.4.